The normalized spacial score (nSPS) is 15.3. The van der Waals surface area contributed by atoms with Crippen molar-refractivity contribution in [1.82, 2.24) is 15.0 Å². The lowest BCUT2D eigenvalue weighted by Crippen LogP contribution is -2.47. The highest BCUT2D eigenvalue weighted by Gasteiger charge is 2.34. The number of nitrogens with zero attached hydrogens (tertiary/aromatic N) is 6. The molecule has 3 heterocycles. The molecule has 1 saturated heterocycles. The van der Waals surface area contributed by atoms with E-state index in [1.165, 1.54) is 4.90 Å². The Morgan fingerprint density at radius 3 is 2.23 bits per heavy atom. The largest absolute Gasteiger partial charge is 0.433 e. The Labute approximate surface area is 149 Å². The highest BCUT2D eigenvalue weighted by molar-refractivity contribution is 5.51. The Balaban J connectivity index is 1.78. The van der Waals surface area contributed by atoms with E-state index in [0.29, 0.717) is 32.0 Å². The van der Waals surface area contributed by atoms with Crippen molar-refractivity contribution >= 4 is 23.3 Å². The van der Waals surface area contributed by atoms with Gasteiger partial charge in [-0.2, -0.15) is 18.2 Å². The van der Waals surface area contributed by atoms with E-state index in [1.807, 2.05) is 6.07 Å². The van der Waals surface area contributed by atoms with Crippen molar-refractivity contribution in [3.05, 3.63) is 30.1 Å². The molecular formula is C16H20F3N7. The quantitative estimate of drug-likeness (QED) is 0.888. The molecule has 0 bridgehead atoms. The van der Waals surface area contributed by atoms with Gasteiger partial charge in [0.15, 0.2) is 5.69 Å². The number of piperazine rings is 1. The Hall–Kier alpha value is -2.78. The molecule has 0 radical (unpaired) electrons. The highest BCUT2D eigenvalue weighted by Crippen LogP contribution is 2.31. The average molecular weight is 367 g/mol. The van der Waals surface area contributed by atoms with E-state index in [4.69, 9.17) is 5.73 Å². The van der Waals surface area contributed by atoms with Crippen molar-refractivity contribution in [1.29, 1.82) is 0 Å². The monoisotopic (exact) mass is 367 g/mol. The second kappa shape index (κ2) is 6.85. The Bertz CT molecular complexity index is 753. The van der Waals surface area contributed by atoms with Gasteiger partial charge >= 0.3 is 6.18 Å². The van der Waals surface area contributed by atoms with Crippen molar-refractivity contribution in [2.75, 3.05) is 60.7 Å². The van der Waals surface area contributed by atoms with Crippen LogP contribution in [-0.2, 0) is 6.18 Å². The van der Waals surface area contributed by atoms with Crippen LogP contribution in [0, 0.1) is 0 Å². The van der Waals surface area contributed by atoms with E-state index in [0.717, 1.165) is 11.8 Å². The SMILES string of the molecule is CN(C)c1cc(C(F)(F)F)nc(N2CCN(c3ccc(N)nc3)CC2)n1. The van der Waals surface area contributed by atoms with Gasteiger partial charge in [-0.3, -0.25) is 0 Å². The first kappa shape index (κ1) is 18.0. The number of nitrogen functional groups attached to an aromatic ring is 1. The summed E-state index contributed by atoms with van der Waals surface area (Å²) < 4.78 is 39.4. The maximum absolute atomic E-state index is 13.1. The Morgan fingerprint density at radius 1 is 1.04 bits per heavy atom. The molecule has 2 N–H and O–H groups in total. The van der Waals surface area contributed by atoms with Crippen molar-refractivity contribution in [3.63, 3.8) is 0 Å². The van der Waals surface area contributed by atoms with Gasteiger partial charge < -0.3 is 20.4 Å². The summed E-state index contributed by atoms with van der Waals surface area (Å²) in [6, 6.07) is 4.56. The van der Waals surface area contributed by atoms with Crippen LogP contribution in [0.2, 0.25) is 0 Å². The highest BCUT2D eigenvalue weighted by atomic mass is 19.4. The molecule has 26 heavy (non-hydrogen) atoms. The van der Waals surface area contributed by atoms with Crippen LogP contribution in [0.4, 0.5) is 36.4 Å². The van der Waals surface area contributed by atoms with Crippen LogP contribution in [0.25, 0.3) is 0 Å². The molecule has 2 aromatic heterocycles. The minimum absolute atomic E-state index is 0.0959. The maximum atomic E-state index is 13.1. The summed E-state index contributed by atoms with van der Waals surface area (Å²) in [5.41, 5.74) is 5.59. The van der Waals surface area contributed by atoms with Gasteiger partial charge in [0.1, 0.15) is 11.6 Å². The molecule has 0 spiro atoms. The molecule has 0 saturated carbocycles. The molecular weight excluding hydrogens is 347 g/mol. The molecule has 1 fully saturated rings. The van der Waals surface area contributed by atoms with Crippen molar-refractivity contribution < 1.29 is 13.2 Å². The van der Waals surface area contributed by atoms with Crippen LogP contribution in [0.5, 0.6) is 0 Å². The van der Waals surface area contributed by atoms with E-state index < -0.39 is 11.9 Å². The number of hydrogen-bond acceptors (Lipinski definition) is 7. The third kappa shape index (κ3) is 3.89. The maximum Gasteiger partial charge on any atom is 0.433 e. The minimum atomic E-state index is -4.51. The van der Waals surface area contributed by atoms with Crippen molar-refractivity contribution in [3.8, 4) is 0 Å². The predicted octanol–water partition coefficient (Wildman–Crippen LogP) is 1.87. The zero-order valence-electron chi connectivity index (χ0n) is 14.5. The molecule has 0 unspecified atom stereocenters. The fourth-order valence-electron chi connectivity index (χ4n) is 2.69. The van der Waals surface area contributed by atoms with Crippen LogP contribution in [0.3, 0.4) is 0 Å². The average Bonchev–Trinajstić information content (AvgIpc) is 2.61. The standard InChI is InChI=1S/C16H20F3N7/c1-24(2)14-9-12(16(17,18)19)22-15(23-14)26-7-5-25(6-8-26)11-3-4-13(20)21-10-11/h3-4,9-10H,5-8H2,1-2H3,(H2,20,21). The summed E-state index contributed by atoms with van der Waals surface area (Å²) in [5, 5.41) is 0. The van der Waals surface area contributed by atoms with Gasteiger partial charge in [0.05, 0.1) is 11.9 Å². The van der Waals surface area contributed by atoms with E-state index in [9.17, 15) is 13.2 Å². The van der Waals surface area contributed by atoms with Gasteiger partial charge in [0.2, 0.25) is 5.95 Å². The zero-order valence-corrected chi connectivity index (χ0v) is 14.5. The lowest BCUT2D eigenvalue weighted by Gasteiger charge is -2.36. The van der Waals surface area contributed by atoms with Crippen LogP contribution in [0.15, 0.2) is 24.4 Å². The third-order valence-electron chi connectivity index (χ3n) is 4.15. The molecule has 7 nitrogen and oxygen atoms in total. The van der Waals surface area contributed by atoms with Crippen LogP contribution < -0.4 is 20.4 Å². The van der Waals surface area contributed by atoms with E-state index in [-0.39, 0.29) is 11.8 Å². The minimum Gasteiger partial charge on any atom is -0.384 e. The number of nitrogens with two attached hydrogens (primary N) is 1. The second-order valence-electron chi connectivity index (χ2n) is 6.22. The summed E-state index contributed by atoms with van der Waals surface area (Å²) in [6.45, 7) is 2.28. The van der Waals surface area contributed by atoms with E-state index in [1.54, 1.807) is 31.3 Å². The number of rotatable bonds is 3. The van der Waals surface area contributed by atoms with Gasteiger partial charge in [-0.25, -0.2) is 9.97 Å². The number of halogens is 3. The van der Waals surface area contributed by atoms with Gasteiger partial charge in [-0.15, -0.1) is 0 Å². The van der Waals surface area contributed by atoms with Gasteiger partial charge in [0.25, 0.3) is 0 Å². The first-order valence-electron chi connectivity index (χ1n) is 8.09. The lowest BCUT2D eigenvalue weighted by atomic mass is 10.2. The van der Waals surface area contributed by atoms with Gasteiger partial charge in [-0.05, 0) is 12.1 Å². The van der Waals surface area contributed by atoms with Crippen LogP contribution in [-0.4, -0.2) is 55.2 Å². The second-order valence-corrected chi connectivity index (χ2v) is 6.22. The van der Waals surface area contributed by atoms with E-state index in [2.05, 4.69) is 19.9 Å². The zero-order chi connectivity index (χ0) is 18.9. The smallest absolute Gasteiger partial charge is 0.384 e. The van der Waals surface area contributed by atoms with Crippen LogP contribution >= 0.6 is 0 Å². The van der Waals surface area contributed by atoms with Crippen molar-refractivity contribution in [2.24, 2.45) is 0 Å². The molecule has 1 aliphatic heterocycles. The lowest BCUT2D eigenvalue weighted by molar-refractivity contribution is -0.141. The summed E-state index contributed by atoms with van der Waals surface area (Å²) in [4.78, 5) is 17.5. The molecule has 10 heteroatoms. The summed E-state index contributed by atoms with van der Waals surface area (Å²) in [5.74, 6) is 0.770. The molecule has 0 aromatic carbocycles. The molecule has 140 valence electrons. The molecule has 0 aliphatic carbocycles. The first-order valence-corrected chi connectivity index (χ1v) is 8.09. The number of alkyl halides is 3. The first-order chi connectivity index (χ1) is 12.2. The van der Waals surface area contributed by atoms with Crippen molar-refractivity contribution in [2.45, 2.75) is 6.18 Å². The topological polar surface area (TPSA) is 74.4 Å². The Kier molecular flexibility index (Phi) is 4.75. The molecule has 1 aliphatic rings. The number of anilines is 4. The number of pyridine rings is 1. The summed E-state index contributed by atoms with van der Waals surface area (Å²) in [7, 11) is 3.30. The molecule has 0 atom stereocenters. The molecule has 3 rings (SSSR count). The summed E-state index contributed by atoms with van der Waals surface area (Å²) in [6.07, 6.45) is -2.82. The Morgan fingerprint density at radius 2 is 1.69 bits per heavy atom. The number of aromatic nitrogens is 3. The van der Waals surface area contributed by atoms with Gasteiger partial charge in [0, 0.05) is 46.3 Å². The van der Waals surface area contributed by atoms with Crippen LogP contribution in [0.1, 0.15) is 5.69 Å². The predicted molar refractivity (Wildman–Crippen MR) is 94.4 cm³/mol. The van der Waals surface area contributed by atoms with Gasteiger partial charge in [-0.1, -0.05) is 0 Å². The molecule has 2 aromatic rings. The van der Waals surface area contributed by atoms with E-state index >= 15 is 0 Å². The number of hydrogen-bond donors (Lipinski definition) is 1. The fraction of sp³-hybridized carbons (Fsp3) is 0.438. The third-order valence-corrected chi connectivity index (χ3v) is 4.15. The molecule has 0 amide bonds. The fourth-order valence-corrected chi connectivity index (χ4v) is 2.69. The summed E-state index contributed by atoms with van der Waals surface area (Å²) >= 11 is 0.